The average Bonchev–Trinajstić information content (AvgIpc) is 2.32. The molecule has 0 aromatic carbocycles. The Bertz CT molecular complexity index is 205. The van der Waals surface area contributed by atoms with Crippen LogP contribution < -0.4 is 0 Å². The van der Waals surface area contributed by atoms with Crippen LogP contribution in [0, 0.1) is 0 Å². The molecule has 1 rings (SSSR count). The molecule has 1 fully saturated rings. The summed E-state index contributed by atoms with van der Waals surface area (Å²) in [4.78, 5) is 0. The minimum absolute atomic E-state index is 0.121. The second kappa shape index (κ2) is 4.83. The maximum Gasteiger partial charge on any atom is 0.476 e. The Labute approximate surface area is 103 Å². The van der Waals surface area contributed by atoms with Crippen molar-refractivity contribution in [1.29, 1.82) is 0 Å². The molecule has 1 atom stereocenters. The fourth-order valence-electron chi connectivity index (χ4n) is 1.44. The summed E-state index contributed by atoms with van der Waals surface area (Å²) in [5, 5.41) is -0.121. The van der Waals surface area contributed by atoms with E-state index in [0.29, 0.717) is 5.88 Å². The van der Waals surface area contributed by atoms with Crippen LogP contribution in [-0.2, 0) is 9.31 Å². The first-order valence-corrected chi connectivity index (χ1v) is 6.33. The van der Waals surface area contributed by atoms with Crippen LogP contribution in [0.1, 0.15) is 40.5 Å². The van der Waals surface area contributed by atoms with E-state index >= 15 is 0 Å². The van der Waals surface area contributed by atoms with E-state index in [2.05, 4.69) is 0 Å². The van der Waals surface area contributed by atoms with Crippen LogP contribution in [0.5, 0.6) is 0 Å². The fourth-order valence-corrected chi connectivity index (χ4v) is 1.86. The second-order valence-corrected chi connectivity index (χ2v) is 5.91. The van der Waals surface area contributed by atoms with Crippen molar-refractivity contribution in [3.8, 4) is 0 Å². The molecule has 1 saturated heterocycles. The maximum atomic E-state index is 6.21. The van der Waals surface area contributed by atoms with Crippen LogP contribution in [-0.4, -0.2) is 29.5 Å². The molecule has 0 aromatic heterocycles. The van der Waals surface area contributed by atoms with Gasteiger partial charge in [-0.2, -0.15) is 0 Å². The van der Waals surface area contributed by atoms with Crippen molar-refractivity contribution < 1.29 is 9.31 Å². The van der Waals surface area contributed by atoms with Gasteiger partial charge in [0.1, 0.15) is 0 Å². The van der Waals surface area contributed by atoms with Gasteiger partial charge in [-0.15, -0.1) is 23.2 Å². The van der Waals surface area contributed by atoms with Gasteiger partial charge in [0, 0.05) is 5.88 Å². The molecule has 1 aliphatic rings. The third-order valence-electron chi connectivity index (χ3n) is 3.18. The third-order valence-corrected chi connectivity index (χ3v) is 3.87. The first kappa shape index (κ1) is 13.6. The number of halogens is 2. The Balaban J connectivity index is 2.54. The zero-order valence-corrected chi connectivity index (χ0v) is 11.4. The second-order valence-electron chi connectivity index (χ2n) is 4.97. The maximum absolute atomic E-state index is 6.21. The first-order valence-electron chi connectivity index (χ1n) is 5.36. The van der Waals surface area contributed by atoms with Gasteiger partial charge in [0.25, 0.3) is 0 Å². The lowest BCUT2D eigenvalue weighted by atomic mass is 9.82. The van der Waals surface area contributed by atoms with E-state index in [1.807, 2.05) is 27.7 Å². The van der Waals surface area contributed by atoms with Crippen LogP contribution in [0.25, 0.3) is 0 Å². The summed E-state index contributed by atoms with van der Waals surface area (Å²) in [5.41, 5.74) is -0.600. The Morgan fingerprint density at radius 3 is 2.00 bits per heavy atom. The van der Waals surface area contributed by atoms with Crippen LogP contribution >= 0.6 is 23.2 Å². The van der Waals surface area contributed by atoms with Crippen molar-refractivity contribution in [2.45, 2.75) is 57.0 Å². The zero-order valence-electron chi connectivity index (χ0n) is 9.85. The van der Waals surface area contributed by atoms with Crippen LogP contribution in [0.4, 0.5) is 0 Å². The molecule has 0 amide bonds. The van der Waals surface area contributed by atoms with Crippen LogP contribution in [0.15, 0.2) is 0 Å². The third kappa shape index (κ3) is 3.03. The summed E-state index contributed by atoms with van der Waals surface area (Å²) in [6.07, 6.45) is 1.71. The molecule has 15 heavy (non-hydrogen) atoms. The van der Waals surface area contributed by atoms with Gasteiger partial charge < -0.3 is 9.31 Å². The van der Waals surface area contributed by atoms with Gasteiger partial charge in [-0.3, -0.25) is 0 Å². The number of hydrogen-bond acceptors (Lipinski definition) is 2. The molecule has 0 aliphatic carbocycles. The quantitative estimate of drug-likeness (QED) is 0.565. The highest BCUT2D eigenvalue weighted by atomic mass is 35.5. The van der Waals surface area contributed by atoms with E-state index in [9.17, 15) is 0 Å². The molecule has 1 heterocycles. The predicted octanol–water partition coefficient (Wildman–Crippen LogP) is 3.24. The van der Waals surface area contributed by atoms with E-state index in [-0.39, 0.29) is 23.6 Å². The predicted molar refractivity (Wildman–Crippen MR) is 65.7 cm³/mol. The lowest BCUT2D eigenvalue weighted by Crippen LogP contribution is -2.41. The molecule has 2 nitrogen and oxygen atoms in total. The molecule has 0 spiro atoms. The largest absolute Gasteiger partial charge is 0.476 e. The lowest BCUT2D eigenvalue weighted by Gasteiger charge is -2.32. The van der Waals surface area contributed by atoms with E-state index in [4.69, 9.17) is 32.5 Å². The van der Waals surface area contributed by atoms with E-state index in [1.54, 1.807) is 0 Å². The van der Waals surface area contributed by atoms with Crippen LogP contribution in [0.2, 0.25) is 0 Å². The van der Waals surface area contributed by atoms with Crippen molar-refractivity contribution in [1.82, 2.24) is 0 Å². The highest BCUT2D eigenvalue weighted by Crippen LogP contribution is 2.38. The summed E-state index contributed by atoms with van der Waals surface area (Å²) in [7, 11) is -0.320. The Morgan fingerprint density at radius 2 is 1.60 bits per heavy atom. The fraction of sp³-hybridized carbons (Fsp3) is 1.00. The summed E-state index contributed by atoms with van der Waals surface area (Å²) in [5.74, 6) is 0.628. The van der Waals surface area contributed by atoms with Gasteiger partial charge in [0.15, 0.2) is 0 Å². The summed E-state index contributed by atoms with van der Waals surface area (Å²) >= 11 is 11.8. The minimum Gasteiger partial charge on any atom is -0.402 e. The van der Waals surface area contributed by atoms with Crippen molar-refractivity contribution in [2.75, 3.05) is 5.88 Å². The van der Waals surface area contributed by atoms with Crippen molar-refractivity contribution in [3.05, 3.63) is 0 Å². The molecule has 1 aliphatic heterocycles. The van der Waals surface area contributed by atoms with Gasteiger partial charge in [0.2, 0.25) is 0 Å². The zero-order chi connectivity index (χ0) is 11.7. The monoisotopic (exact) mass is 252 g/mol. The molecule has 0 saturated carbocycles. The number of alkyl halides is 2. The molecular weight excluding hydrogens is 234 g/mol. The first-order chi connectivity index (χ1) is 6.80. The standard InChI is InChI=1S/C10H19BCl2O2/c1-9(2)10(3,4)15-11(14-9)8(13)6-5-7-12/h8H,5-7H2,1-4H3/t8-/m1/s1. The van der Waals surface area contributed by atoms with Crippen molar-refractivity contribution >= 4 is 30.3 Å². The van der Waals surface area contributed by atoms with E-state index < -0.39 is 0 Å². The SMILES string of the molecule is CC1(C)OB([C@H](Cl)CCCCl)OC1(C)C. The number of rotatable bonds is 4. The van der Waals surface area contributed by atoms with Gasteiger partial charge in [0.05, 0.1) is 16.5 Å². The average molecular weight is 253 g/mol. The molecule has 88 valence electrons. The Kier molecular flexibility index (Phi) is 4.39. The highest BCUT2D eigenvalue weighted by molar-refractivity contribution is 6.59. The summed E-state index contributed by atoms with van der Waals surface area (Å²) < 4.78 is 11.7. The molecule has 0 unspecified atom stereocenters. The molecule has 5 heteroatoms. The number of hydrogen-bond donors (Lipinski definition) is 0. The molecule has 0 radical (unpaired) electrons. The molecule has 0 bridgehead atoms. The Hall–Kier alpha value is 0.565. The highest BCUT2D eigenvalue weighted by Gasteiger charge is 2.53. The van der Waals surface area contributed by atoms with Gasteiger partial charge in [-0.05, 0) is 40.5 Å². The van der Waals surface area contributed by atoms with E-state index in [0.717, 1.165) is 12.8 Å². The van der Waals surface area contributed by atoms with E-state index in [1.165, 1.54) is 0 Å². The summed E-state index contributed by atoms with van der Waals surface area (Å²) in [6, 6.07) is 0. The molecule has 0 aromatic rings. The lowest BCUT2D eigenvalue weighted by molar-refractivity contribution is 0.00578. The normalized spacial score (nSPS) is 25.6. The smallest absolute Gasteiger partial charge is 0.402 e. The minimum atomic E-state index is -0.320. The van der Waals surface area contributed by atoms with Gasteiger partial charge in [-0.1, -0.05) is 0 Å². The van der Waals surface area contributed by atoms with Gasteiger partial charge >= 0.3 is 7.12 Å². The molecular formula is C10H19BCl2O2. The topological polar surface area (TPSA) is 18.5 Å². The molecule has 0 N–H and O–H groups in total. The van der Waals surface area contributed by atoms with Crippen molar-refractivity contribution in [3.63, 3.8) is 0 Å². The van der Waals surface area contributed by atoms with Gasteiger partial charge in [-0.25, -0.2) is 0 Å². The summed E-state index contributed by atoms with van der Waals surface area (Å²) in [6.45, 7) is 8.10. The Morgan fingerprint density at radius 1 is 1.13 bits per heavy atom. The van der Waals surface area contributed by atoms with Crippen molar-refractivity contribution in [2.24, 2.45) is 0 Å². The van der Waals surface area contributed by atoms with Crippen LogP contribution in [0.3, 0.4) is 0 Å².